The summed E-state index contributed by atoms with van der Waals surface area (Å²) in [7, 11) is 0. The van der Waals surface area contributed by atoms with Crippen LogP contribution in [-0.4, -0.2) is 11.5 Å². The minimum Gasteiger partial charge on any atom is -0.125 e. The van der Waals surface area contributed by atoms with E-state index >= 15 is 0 Å². The highest BCUT2D eigenvalue weighted by molar-refractivity contribution is 8.02. The summed E-state index contributed by atoms with van der Waals surface area (Å²) in [5, 5.41) is 0. The molecule has 330 valence electrons. The molecule has 0 aromatic heterocycles. The van der Waals surface area contributed by atoms with E-state index in [2.05, 4.69) is 61.6 Å². The maximum atomic E-state index is 2.36. The van der Waals surface area contributed by atoms with Crippen molar-refractivity contribution in [1.29, 1.82) is 0 Å². The molecule has 0 N–H and O–H groups in total. The lowest BCUT2D eigenvalue weighted by Gasteiger charge is -2.09. The molecule has 0 nitrogen and oxygen atoms in total. The van der Waals surface area contributed by atoms with Crippen molar-refractivity contribution in [3.8, 4) is 0 Å². The van der Waals surface area contributed by atoms with Crippen molar-refractivity contribution >= 4 is 23.5 Å². The van der Waals surface area contributed by atoms with Gasteiger partial charge >= 0.3 is 0 Å². The molecule has 1 aromatic rings. The van der Waals surface area contributed by atoms with E-state index < -0.39 is 0 Å². The first-order valence-electron chi connectivity index (χ1n) is 26.2. The van der Waals surface area contributed by atoms with Crippen LogP contribution in [0.2, 0.25) is 0 Å². The van der Waals surface area contributed by atoms with Crippen molar-refractivity contribution < 1.29 is 0 Å². The molecular weight excluding hydrogens is 713 g/mol. The van der Waals surface area contributed by atoms with Crippen LogP contribution in [-0.2, 0) is 0 Å². The van der Waals surface area contributed by atoms with Crippen LogP contribution in [0.4, 0.5) is 0 Å². The average Bonchev–Trinajstić information content (AvgIpc) is 3.21. The smallest absolute Gasteiger partial charge is 0.0208 e. The van der Waals surface area contributed by atoms with Gasteiger partial charge in [0.15, 0.2) is 0 Å². The molecule has 0 fully saturated rings. The maximum absolute atomic E-state index is 2.36. The van der Waals surface area contributed by atoms with E-state index in [-0.39, 0.29) is 0 Å². The van der Waals surface area contributed by atoms with Gasteiger partial charge in [-0.1, -0.05) is 296 Å². The van der Waals surface area contributed by atoms with Crippen molar-refractivity contribution in [3.05, 3.63) is 24.3 Å². The van der Waals surface area contributed by atoms with Gasteiger partial charge in [0, 0.05) is 9.79 Å². The Balaban J connectivity index is 1.80. The highest BCUT2D eigenvalue weighted by Crippen LogP contribution is 2.32. The van der Waals surface area contributed by atoms with Crippen LogP contribution in [0.5, 0.6) is 0 Å². The molecule has 0 atom stereocenters. The monoisotopic (exact) mass is 815 g/mol. The van der Waals surface area contributed by atoms with Gasteiger partial charge in [-0.2, -0.15) is 0 Å². The molecule has 2 heteroatoms. The molecule has 1 aromatic carbocycles. The first kappa shape index (κ1) is 53.9. The molecule has 0 amide bonds. The van der Waals surface area contributed by atoms with E-state index in [0.29, 0.717) is 0 Å². The summed E-state index contributed by atoms with van der Waals surface area (Å²) in [5.74, 6) is 2.58. The first-order valence-corrected chi connectivity index (χ1v) is 28.2. The van der Waals surface area contributed by atoms with Crippen molar-refractivity contribution in [3.63, 3.8) is 0 Å². The Morgan fingerprint density at radius 3 is 0.571 bits per heavy atom. The van der Waals surface area contributed by atoms with Crippen molar-refractivity contribution in [2.75, 3.05) is 11.5 Å². The number of hydrogen-bond donors (Lipinski definition) is 0. The fourth-order valence-corrected chi connectivity index (χ4v) is 10.7. The summed E-state index contributed by atoms with van der Waals surface area (Å²) in [5.41, 5.74) is 0. The fourth-order valence-electron chi connectivity index (χ4n) is 8.47. The molecule has 0 aliphatic heterocycles. The first-order chi connectivity index (χ1) is 27.9. The molecule has 0 spiro atoms. The summed E-state index contributed by atoms with van der Waals surface area (Å²) in [6.45, 7) is 4.62. The molecule has 0 bridgehead atoms. The number of benzene rings is 1. The highest BCUT2D eigenvalue weighted by Gasteiger charge is 2.04. The Hall–Kier alpha value is -0.0800. The lowest BCUT2D eigenvalue weighted by atomic mass is 10.0. The van der Waals surface area contributed by atoms with Crippen LogP contribution >= 0.6 is 23.5 Å². The fraction of sp³-hybridized carbons (Fsp3) is 0.889. The lowest BCUT2D eigenvalue weighted by Crippen LogP contribution is -1.87. The second kappa shape index (κ2) is 47.6. The van der Waals surface area contributed by atoms with Crippen LogP contribution in [0, 0.1) is 0 Å². The quantitative estimate of drug-likeness (QED) is 0.0475. The summed E-state index contributed by atoms with van der Waals surface area (Å²) >= 11 is 4.22. The van der Waals surface area contributed by atoms with Gasteiger partial charge in [-0.3, -0.25) is 0 Å². The molecule has 0 aliphatic rings. The number of hydrogen-bond acceptors (Lipinski definition) is 2. The van der Waals surface area contributed by atoms with E-state index in [4.69, 9.17) is 0 Å². The van der Waals surface area contributed by atoms with Crippen molar-refractivity contribution in [2.45, 2.75) is 306 Å². The largest absolute Gasteiger partial charge is 0.125 e. The van der Waals surface area contributed by atoms with Gasteiger partial charge in [-0.15, -0.1) is 23.5 Å². The Kier molecular flexibility index (Phi) is 45.8. The highest BCUT2D eigenvalue weighted by atomic mass is 32.2. The van der Waals surface area contributed by atoms with Crippen LogP contribution < -0.4 is 0 Å². The van der Waals surface area contributed by atoms with E-state index in [9.17, 15) is 0 Å². The van der Waals surface area contributed by atoms with Gasteiger partial charge in [-0.25, -0.2) is 0 Å². The van der Waals surface area contributed by atoms with E-state index in [1.807, 2.05) is 0 Å². The molecule has 0 radical (unpaired) electrons. The zero-order valence-electron chi connectivity index (χ0n) is 38.7. The SMILES string of the molecule is CCCCCCCCCCCCCCCCCCCCCCCCSc1ccccc1SCCCCCCCCCCCCCCCCCCCCCCCC. The third-order valence-electron chi connectivity index (χ3n) is 12.4. The Morgan fingerprint density at radius 2 is 0.393 bits per heavy atom. The molecule has 1 rings (SSSR count). The van der Waals surface area contributed by atoms with Gasteiger partial charge in [0.2, 0.25) is 0 Å². The van der Waals surface area contributed by atoms with E-state index in [1.54, 1.807) is 0 Å². The molecular formula is C54H102S2. The van der Waals surface area contributed by atoms with Crippen molar-refractivity contribution in [2.24, 2.45) is 0 Å². The van der Waals surface area contributed by atoms with E-state index in [0.717, 1.165) is 0 Å². The predicted octanol–water partition coefficient (Wildman–Crippen LogP) is 21.1. The molecule has 0 saturated carbocycles. The van der Waals surface area contributed by atoms with E-state index in [1.165, 1.54) is 304 Å². The minimum atomic E-state index is 1.29. The second-order valence-corrected chi connectivity index (χ2v) is 20.3. The summed E-state index contributed by atoms with van der Waals surface area (Å²) in [4.78, 5) is 3.06. The topological polar surface area (TPSA) is 0 Å². The third kappa shape index (κ3) is 40.7. The van der Waals surface area contributed by atoms with Gasteiger partial charge < -0.3 is 0 Å². The van der Waals surface area contributed by atoms with Crippen LogP contribution in [0.25, 0.3) is 0 Å². The van der Waals surface area contributed by atoms with Gasteiger partial charge in [0.05, 0.1) is 0 Å². The summed E-state index contributed by atoms with van der Waals surface area (Å²) < 4.78 is 0. The molecule has 0 heterocycles. The molecule has 56 heavy (non-hydrogen) atoms. The summed E-state index contributed by atoms with van der Waals surface area (Å²) in [6.07, 6.45) is 64.3. The Labute approximate surface area is 363 Å². The molecule has 0 aliphatic carbocycles. The second-order valence-electron chi connectivity index (χ2n) is 18.0. The maximum Gasteiger partial charge on any atom is 0.0208 e. The normalized spacial score (nSPS) is 11.6. The van der Waals surface area contributed by atoms with Crippen LogP contribution in [0.15, 0.2) is 34.1 Å². The number of rotatable bonds is 48. The van der Waals surface area contributed by atoms with Gasteiger partial charge in [0.25, 0.3) is 0 Å². The average molecular weight is 816 g/mol. The van der Waals surface area contributed by atoms with Crippen LogP contribution in [0.1, 0.15) is 296 Å². The molecule has 0 unspecified atom stereocenters. The van der Waals surface area contributed by atoms with Crippen molar-refractivity contribution in [1.82, 2.24) is 0 Å². The zero-order chi connectivity index (χ0) is 39.9. The van der Waals surface area contributed by atoms with Crippen LogP contribution in [0.3, 0.4) is 0 Å². The summed E-state index contributed by atoms with van der Waals surface area (Å²) in [6, 6.07) is 9.21. The Morgan fingerprint density at radius 1 is 0.232 bits per heavy atom. The minimum absolute atomic E-state index is 1.29. The molecule has 0 saturated heterocycles. The van der Waals surface area contributed by atoms with Gasteiger partial charge in [-0.05, 0) is 36.5 Å². The third-order valence-corrected chi connectivity index (χ3v) is 14.8. The predicted molar refractivity (Wildman–Crippen MR) is 262 cm³/mol. The lowest BCUT2D eigenvalue weighted by molar-refractivity contribution is 0.520. The Bertz CT molecular complexity index is 782. The zero-order valence-corrected chi connectivity index (χ0v) is 40.3. The van der Waals surface area contributed by atoms with Gasteiger partial charge in [0.1, 0.15) is 0 Å². The number of thioether (sulfide) groups is 2. The standard InChI is InChI=1S/C54H102S2/c1-3-5-7-9-11-13-15-17-19-21-23-25-27-29-31-33-35-37-39-41-43-47-51-55-53-49-45-46-50-54(53)56-52-48-44-42-40-38-36-34-32-30-28-26-24-22-20-18-16-14-12-10-8-6-4-2/h45-46,49-50H,3-44,47-48,51-52H2,1-2H3. The number of unbranched alkanes of at least 4 members (excludes halogenated alkanes) is 42.